The van der Waals surface area contributed by atoms with Crippen LogP contribution in [-0.4, -0.2) is 28.9 Å². The highest BCUT2D eigenvalue weighted by Gasteiger charge is 2.37. The second-order valence-electron chi connectivity index (χ2n) is 4.57. The Labute approximate surface area is 85.8 Å². The molecule has 0 aliphatic carbocycles. The number of piperidine rings is 1. The Morgan fingerprint density at radius 3 is 2.64 bits per heavy atom. The molecule has 82 valence electrons. The van der Waals surface area contributed by atoms with Crippen molar-refractivity contribution in [3.63, 3.8) is 0 Å². The normalized spacial score (nSPS) is 24.7. The third kappa shape index (κ3) is 2.07. The van der Waals surface area contributed by atoms with Gasteiger partial charge in [-0.1, -0.05) is 6.42 Å². The zero-order valence-electron chi connectivity index (χ0n) is 9.34. The fourth-order valence-electron chi connectivity index (χ4n) is 2.24. The summed E-state index contributed by atoms with van der Waals surface area (Å²) in [6, 6.07) is 0.469. The van der Waals surface area contributed by atoms with Crippen LogP contribution in [0.3, 0.4) is 0 Å². The van der Waals surface area contributed by atoms with E-state index in [-0.39, 0.29) is 5.91 Å². The number of nitrogens with one attached hydrogen (secondary N) is 1. The number of carbonyl (C=O) groups excluding carboxylic acids is 1. The van der Waals surface area contributed by atoms with E-state index in [1.807, 2.05) is 13.8 Å². The summed E-state index contributed by atoms with van der Waals surface area (Å²) in [5, 5.41) is 0. The van der Waals surface area contributed by atoms with Crippen LogP contribution in [0.25, 0.3) is 0 Å². The minimum Gasteiger partial charge on any atom is -0.293 e. The van der Waals surface area contributed by atoms with Gasteiger partial charge in [0.2, 0.25) is 0 Å². The summed E-state index contributed by atoms with van der Waals surface area (Å²) in [7, 11) is 0. The molecule has 4 nitrogen and oxygen atoms in total. The lowest BCUT2D eigenvalue weighted by Gasteiger charge is -2.43. The molecule has 1 atom stereocenters. The van der Waals surface area contributed by atoms with Crippen LogP contribution in [0.5, 0.6) is 0 Å². The van der Waals surface area contributed by atoms with Crippen LogP contribution in [-0.2, 0) is 4.79 Å². The van der Waals surface area contributed by atoms with Crippen LogP contribution in [0.15, 0.2) is 0 Å². The highest BCUT2D eigenvalue weighted by Crippen LogP contribution is 2.25. The predicted octanol–water partition coefficient (Wildman–Crippen LogP) is 0.629. The first-order valence-electron chi connectivity index (χ1n) is 5.28. The van der Waals surface area contributed by atoms with Crippen LogP contribution < -0.4 is 11.3 Å². The van der Waals surface area contributed by atoms with Crippen LogP contribution in [0, 0.1) is 0 Å². The molecule has 4 heteroatoms. The first-order valence-corrected chi connectivity index (χ1v) is 5.28. The summed E-state index contributed by atoms with van der Waals surface area (Å²) in [6.45, 7) is 7.01. The molecule has 1 rings (SSSR count). The molecule has 1 amide bonds. The maximum absolute atomic E-state index is 11.6. The molecular formula is C10H21N3O. The van der Waals surface area contributed by atoms with Crippen molar-refractivity contribution in [2.75, 3.05) is 6.54 Å². The van der Waals surface area contributed by atoms with Gasteiger partial charge in [-0.3, -0.25) is 15.1 Å². The van der Waals surface area contributed by atoms with Crippen molar-refractivity contribution in [3.8, 4) is 0 Å². The van der Waals surface area contributed by atoms with Gasteiger partial charge in [0.1, 0.15) is 0 Å². The fraction of sp³-hybridized carbons (Fsp3) is 0.900. The summed E-state index contributed by atoms with van der Waals surface area (Å²) in [4.78, 5) is 13.8. The maximum atomic E-state index is 11.6. The summed E-state index contributed by atoms with van der Waals surface area (Å²) < 4.78 is 0. The van der Waals surface area contributed by atoms with Gasteiger partial charge in [0.25, 0.3) is 5.91 Å². The van der Waals surface area contributed by atoms with Gasteiger partial charge in [0.05, 0.1) is 5.54 Å². The molecular weight excluding hydrogens is 178 g/mol. The number of carbonyl (C=O) groups is 1. The number of rotatable bonds is 2. The molecule has 1 aliphatic rings. The lowest BCUT2D eigenvalue weighted by Crippen LogP contribution is -2.60. The van der Waals surface area contributed by atoms with Crippen molar-refractivity contribution in [1.29, 1.82) is 0 Å². The number of hydrogen-bond donors (Lipinski definition) is 2. The molecule has 1 unspecified atom stereocenters. The van der Waals surface area contributed by atoms with Crippen LogP contribution in [0.4, 0.5) is 0 Å². The lowest BCUT2D eigenvalue weighted by atomic mass is 9.93. The van der Waals surface area contributed by atoms with E-state index in [0.717, 1.165) is 6.54 Å². The Hall–Kier alpha value is -0.610. The summed E-state index contributed by atoms with van der Waals surface area (Å²) in [5.74, 6) is 5.08. The highest BCUT2D eigenvalue weighted by molar-refractivity contribution is 5.84. The average Bonchev–Trinajstić information content (AvgIpc) is 2.17. The van der Waals surface area contributed by atoms with Gasteiger partial charge in [-0.25, -0.2) is 5.84 Å². The monoisotopic (exact) mass is 199 g/mol. The Bertz CT molecular complexity index is 215. The van der Waals surface area contributed by atoms with Crippen molar-refractivity contribution < 1.29 is 4.79 Å². The molecule has 0 spiro atoms. The second-order valence-corrected chi connectivity index (χ2v) is 4.57. The van der Waals surface area contributed by atoms with Crippen molar-refractivity contribution in [2.24, 2.45) is 5.84 Å². The molecule has 1 saturated heterocycles. The molecule has 0 aromatic heterocycles. The molecule has 0 saturated carbocycles. The highest BCUT2D eigenvalue weighted by atomic mass is 16.2. The molecule has 1 heterocycles. The topological polar surface area (TPSA) is 58.4 Å². The molecule has 1 aliphatic heterocycles. The van der Waals surface area contributed by atoms with Crippen molar-refractivity contribution in [2.45, 2.75) is 51.6 Å². The fourth-order valence-corrected chi connectivity index (χ4v) is 2.24. The van der Waals surface area contributed by atoms with Crippen molar-refractivity contribution in [3.05, 3.63) is 0 Å². The summed E-state index contributed by atoms with van der Waals surface area (Å²) in [5.41, 5.74) is 1.75. The van der Waals surface area contributed by atoms with Gasteiger partial charge < -0.3 is 0 Å². The van der Waals surface area contributed by atoms with Crippen LogP contribution >= 0.6 is 0 Å². The molecule has 1 fully saturated rings. The van der Waals surface area contributed by atoms with E-state index in [9.17, 15) is 4.79 Å². The van der Waals surface area contributed by atoms with E-state index in [1.54, 1.807) is 0 Å². The Morgan fingerprint density at radius 1 is 1.50 bits per heavy atom. The molecule has 14 heavy (non-hydrogen) atoms. The smallest absolute Gasteiger partial charge is 0.253 e. The minimum atomic E-state index is -0.491. The van der Waals surface area contributed by atoms with E-state index in [2.05, 4.69) is 17.2 Å². The van der Waals surface area contributed by atoms with E-state index in [1.165, 1.54) is 19.3 Å². The first kappa shape index (κ1) is 11.5. The van der Waals surface area contributed by atoms with Gasteiger partial charge >= 0.3 is 0 Å². The zero-order chi connectivity index (χ0) is 10.8. The SMILES string of the molecule is CC1CCCCN1C(C)(C)C(=O)NN. The number of nitrogens with zero attached hydrogens (tertiary/aromatic N) is 1. The van der Waals surface area contributed by atoms with Gasteiger partial charge in [0, 0.05) is 6.04 Å². The number of likely N-dealkylation sites (tertiary alicyclic amines) is 1. The maximum Gasteiger partial charge on any atom is 0.253 e. The second kappa shape index (κ2) is 4.28. The molecule has 3 N–H and O–H groups in total. The molecule has 0 aromatic carbocycles. The zero-order valence-corrected chi connectivity index (χ0v) is 9.34. The largest absolute Gasteiger partial charge is 0.293 e. The quantitative estimate of drug-likeness (QED) is 0.389. The van der Waals surface area contributed by atoms with E-state index < -0.39 is 5.54 Å². The molecule has 0 radical (unpaired) electrons. The van der Waals surface area contributed by atoms with Gasteiger partial charge in [-0.15, -0.1) is 0 Å². The predicted molar refractivity (Wildman–Crippen MR) is 56.4 cm³/mol. The Kier molecular flexibility index (Phi) is 3.50. The lowest BCUT2D eigenvalue weighted by molar-refractivity contribution is -0.134. The Balaban J connectivity index is 2.73. The minimum absolute atomic E-state index is 0.105. The molecule has 0 aromatic rings. The summed E-state index contributed by atoms with van der Waals surface area (Å²) >= 11 is 0. The van der Waals surface area contributed by atoms with Gasteiger partial charge in [-0.05, 0) is 40.2 Å². The number of amides is 1. The van der Waals surface area contributed by atoms with E-state index in [4.69, 9.17) is 5.84 Å². The number of hydrazine groups is 1. The van der Waals surface area contributed by atoms with Gasteiger partial charge in [-0.2, -0.15) is 0 Å². The van der Waals surface area contributed by atoms with Crippen molar-refractivity contribution in [1.82, 2.24) is 10.3 Å². The summed E-state index contributed by atoms with van der Waals surface area (Å²) in [6.07, 6.45) is 3.60. The third-order valence-corrected chi connectivity index (χ3v) is 3.21. The first-order chi connectivity index (χ1) is 6.50. The number of hydrogen-bond acceptors (Lipinski definition) is 3. The average molecular weight is 199 g/mol. The molecule has 0 bridgehead atoms. The Morgan fingerprint density at radius 2 is 2.14 bits per heavy atom. The van der Waals surface area contributed by atoms with E-state index in [0.29, 0.717) is 6.04 Å². The standard InChI is InChI=1S/C10H21N3O/c1-8-6-4-5-7-13(8)10(2,3)9(14)12-11/h8H,4-7,11H2,1-3H3,(H,12,14). The van der Waals surface area contributed by atoms with Crippen LogP contribution in [0.1, 0.15) is 40.0 Å². The van der Waals surface area contributed by atoms with Crippen molar-refractivity contribution >= 4 is 5.91 Å². The third-order valence-electron chi connectivity index (χ3n) is 3.21. The van der Waals surface area contributed by atoms with Gasteiger partial charge in [0.15, 0.2) is 0 Å². The van der Waals surface area contributed by atoms with E-state index >= 15 is 0 Å². The number of nitrogens with two attached hydrogens (primary N) is 1. The van der Waals surface area contributed by atoms with Crippen LogP contribution in [0.2, 0.25) is 0 Å².